The Morgan fingerprint density at radius 1 is 1.25 bits per heavy atom. The molecule has 0 spiro atoms. The summed E-state index contributed by atoms with van der Waals surface area (Å²) >= 11 is 4.70. The Morgan fingerprint density at radius 2 is 1.96 bits per heavy atom. The first-order valence-electron chi connectivity index (χ1n) is 9.06. The van der Waals surface area contributed by atoms with Crippen molar-refractivity contribution in [1.29, 1.82) is 0 Å². The number of nitrogens with one attached hydrogen (secondary N) is 1. The number of aromatic nitrogens is 1. The topological polar surface area (TPSA) is 97.6 Å². The van der Waals surface area contributed by atoms with E-state index >= 15 is 0 Å². The maximum atomic E-state index is 12.2. The molecule has 1 aliphatic carbocycles. The summed E-state index contributed by atoms with van der Waals surface area (Å²) in [5, 5.41) is 2.76. The van der Waals surface area contributed by atoms with E-state index in [0.29, 0.717) is 4.80 Å². The second-order valence-electron chi connectivity index (χ2n) is 7.00. The summed E-state index contributed by atoms with van der Waals surface area (Å²) in [4.78, 5) is 28.6. The van der Waals surface area contributed by atoms with Gasteiger partial charge in [0.15, 0.2) is 14.6 Å². The van der Waals surface area contributed by atoms with Crippen LogP contribution in [0.4, 0.5) is 0 Å². The number of thiazole rings is 1. The molecule has 2 aromatic rings. The third-order valence-electron chi connectivity index (χ3n) is 4.66. The van der Waals surface area contributed by atoms with Gasteiger partial charge in [0.2, 0.25) is 5.91 Å². The average molecular weight is 488 g/mol. The van der Waals surface area contributed by atoms with E-state index in [4.69, 9.17) is 0 Å². The number of fused-ring (bicyclic) bond motifs is 1. The number of carbonyl (C=O) groups excluding carboxylic acids is 2. The lowest BCUT2D eigenvalue weighted by molar-refractivity contribution is -0.119. The van der Waals surface area contributed by atoms with Gasteiger partial charge in [-0.3, -0.25) is 9.59 Å². The zero-order valence-electron chi connectivity index (χ0n) is 15.5. The molecular weight excluding hydrogens is 466 g/mol. The Kier molecular flexibility index (Phi) is 6.72. The zero-order chi connectivity index (χ0) is 20.3. The third-order valence-corrected chi connectivity index (χ3v) is 7.63. The van der Waals surface area contributed by atoms with Gasteiger partial charge in [0, 0.05) is 17.6 Å². The van der Waals surface area contributed by atoms with Crippen molar-refractivity contribution >= 4 is 59.1 Å². The highest BCUT2D eigenvalue weighted by molar-refractivity contribution is 9.10. The number of amides is 2. The molecule has 1 N–H and O–H groups in total. The molecule has 0 saturated heterocycles. The average Bonchev–Trinajstić information content (AvgIpc) is 2.89. The van der Waals surface area contributed by atoms with Gasteiger partial charge in [-0.25, -0.2) is 8.42 Å². The second-order valence-corrected chi connectivity index (χ2v) is 11.0. The maximum absolute atomic E-state index is 12.2. The van der Waals surface area contributed by atoms with Gasteiger partial charge in [-0.15, -0.1) is 0 Å². The molecule has 1 heterocycles. The van der Waals surface area contributed by atoms with E-state index in [-0.39, 0.29) is 6.04 Å². The molecule has 152 valence electrons. The highest BCUT2D eigenvalue weighted by Gasteiger charge is 2.23. The zero-order valence-corrected chi connectivity index (χ0v) is 18.7. The molecule has 1 saturated carbocycles. The summed E-state index contributed by atoms with van der Waals surface area (Å²) in [6.45, 7) is 0. The Labute approximate surface area is 175 Å². The molecule has 0 atom stereocenters. The fraction of sp³-hybridized carbons (Fsp3) is 0.500. The monoisotopic (exact) mass is 487 g/mol. The van der Waals surface area contributed by atoms with E-state index in [2.05, 4.69) is 26.2 Å². The minimum Gasteiger partial charge on any atom is -0.352 e. The van der Waals surface area contributed by atoms with Crippen LogP contribution in [-0.4, -0.2) is 42.3 Å². The summed E-state index contributed by atoms with van der Waals surface area (Å²) in [6, 6.07) is 5.73. The fourth-order valence-electron chi connectivity index (χ4n) is 3.31. The lowest BCUT2D eigenvalue weighted by Gasteiger charge is -2.22. The Balaban J connectivity index is 1.67. The van der Waals surface area contributed by atoms with Crippen LogP contribution < -0.4 is 10.1 Å². The molecule has 1 aromatic carbocycles. The SMILES string of the molecule is Cn1c(=NC(=O)CS(=O)(=O)CC(=O)NC2CCCCC2)sc2cc(Br)ccc21. The van der Waals surface area contributed by atoms with Crippen molar-refractivity contribution in [2.45, 2.75) is 38.1 Å². The van der Waals surface area contributed by atoms with Gasteiger partial charge in [-0.1, -0.05) is 46.5 Å². The van der Waals surface area contributed by atoms with Crippen LogP contribution in [0.1, 0.15) is 32.1 Å². The van der Waals surface area contributed by atoms with E-state index in [0.717, 1.165) is 46.8 Å². The van der Waals surface area contributed by atoms with Gasteiger partial charge >= 0.3 is 0 Å². The van der Waals surface area contributed by atoms with Crippen LogP contribution >= 0.6 is 27.3 Å². The van der Waals surface area contributed by atoms with Gasteiger partial charge in [0.1, 0.15) is 11.5 Å². The summed E-state index contributed by atoms with van der Waals surface area (Å²) in [5.74, 6) is -2.78. The van der Waals surface area contributed by atoms with Gasteiger partial charge in [-0.2, -0.15) is 4.99 Å². The molecule has 28 heavy (non-hydrogen) atoms. The van der Waals surface area contributed by atoms with E-state index in [9.17, 15) is 18.0 Å². The molecule has 0 aliphatic heterocycles. The molecule has 1 aromatic heterocycles. The van der Waals surface area contributed by atoms with Crippen LogP contribution in [0.3, 0.4) is 0 Å². The standard InChI is InChI=1S/C18H22BrN3O4S2/c1-22-14-8-7-12(19)9-15(14)27-18(22)21-17(24)11-28(25,26)10-16(23)20-13-5-3-2-4-6-13/h7-9,13H,2-6,10-11H2,1H3,(H,20,23). The normalized spacial score (nSPS) is 16.4. The number of hydrogen-bond donors (Lipinski definition) is 1. The lowest BCUT2D eigenvalue weighted by Crippen LogP contribution is -2.40. The second kappa shape index (κ2) is 8.87. The van der Waals surface area contributed by atoms with Gasteiger partial charge in [-0.05, 0) is 31.0 Å². The van der Waals surface area contributed by atoms with Crippen LogP contribution in [0.15, 0.2) is 27.7 Å². The van der Waals surface area contributed by atoms with E-state index in [1.54, 1.807) is 11.6 Å². The summed E-state index contributed by atoms with van der Waals surface area (Å²) in [7, 11) is -2.10. The van der Waals surface area contributed by atoms with Crippen molar-refractivity contribution in [2.75, 3.05) is 11.5 Å². The quantitative estimate of drug-likeness (QED) is 0.699. The Bertz CT molecular complexity index is 1070. The first kappa shape index (κ1) is 21.2. The first-order chi connectivity index (χ1) is 13.2. The summed E-state index contributed by atoms with van der Waals surface area (Å²) in [6.07, 6.45) is 4.97. The number of hydrogen-bond acceptors (Lipinski definition) is 5. The predicted octanol–water partition coefficient (Wildman–Crippen LogP) is 2.29. The molecule has 2 amide bonds. The summed E-state index contributed by atoms with van der Waals surface area (Å²) < 4.78 is 28.0. The molecule has 1 aliphatic rings. The lowest BCUT2D eigenvalue weighted by atomic mass is 9.95. The molecule has 0 bridgehead atoms. The fourth-order valence-corrected chi connectivity index (χ4v) is 5.92. The van der Waals surface area contributed by atoms with Gasteiger partial charge in [0.05, 0.1) is 10.2 Å². The minimum absolute atomic E-state index is 0.0359. The van der Waals surface area contributed by atoms with Crippen LogP contribution in [0, 0.1) is 0 Å². The van der Waals surface area contributed by atoms with Crippen molar-refractivity contribution < 1.29 is 18.0 Å². The Morgan fingerprint density at radius 3 is 2.68 bits per heavy atom. The van der Waals surface area contributed by atoms with Crippen molar-refractivity contribution in [2.24, 2.45) is 12.0 Å². The van der Waals surface area contributed by atoms with Crippen molar-refractivity contribution in [3.8, 4) is 0 Å². The smallest absolute Gasteiger partial charge is 0.263 e. The number of nitrogens with zero attached hydrogens (tertiary/aromatic N) is 2. The largest absolute Gasteiger partial charge is 0.352 e. The molecular formula is C18H22BrN3O4S2. The number of carbonyl (C=O) groups is 2. The van der Waals surface area contributed by atoms with Crippen LogP contribution in [0.2, 0.25) is 0 Å². The van der Waals surface area contributed by atoms with E-state index in [1.165, 1.54) is 11.3 Å². The van der Waals surface area contributed by atoms with E-state index < -0.39 is 33.2 Å². The van der Waals surface area contributed by atoms with Gasteiger partial charge in [0.25, 0.3) is 5.91 Å². The molecule has 7 nitrogen and oxygen atoms in total. The van der Waals surface area contributed by atoms with Crippen molar-refractivity contribution in [1.82, 2.24) is 9.88 Å². The number of halogens is 1. The molecule has 1 fully saturated rings. The molecule has 0 radical (unpaired) electrons. The number of aryl methyl sites for hydroxylation is 1. The molecule has 10 heteroatoms. The van der Waals surface area contributed by atoms with Crippen LogP contribution in [-0.2, 0) is 26.5 Å². The van der Waals surface area contributed by atoms with Crippen molar-refractivity contribution in [3.63, 3.8) is 0 Å². The van der Waals surface area contributed by atoms with Crippen LogP contribution in [0.5, 0.6) is 0 Å². The van der Waals surface area contributed by atoms with Crippen LogP contribution in [0.25, 0.3) is 10.2 Å². The predicted molar refractivity (Wildman–Crippen MR) is 113 cm³/mol. The maximum Gasteiger partial charge on any atom is 0.263 e. The van der Waals surface area contributed by atoms with E-state index in [1.807, 2.05) is 18.2 Å². The van der Waals surface area contributed by atoms with Crippen molar-refractivity contribution in [3.05, 3.63) is 27.5 Å². The third kappa shape index (κ3) is 5.51. The minimum atomic E-state index is -3.87. The highest BCUT2D eigenvalue weighted by Crippen LogP contribution is 2.21. The molecule has 0 unspecified atom stereocenters. The number of rotatable bonds is 5. The Hall–Kier alpha value is -1.52. The number of benzene rings is 1. The highest BCUT2D eigenvalue weighted by atomic mass is 79.9. The number of sulfone groups is 1. The summed E-state index contributed by atoms with van der Waals surface area (Å²) in [5.41, 5.74) is 0.898. The first-order valence-corrected chi connectivity index (χ1v) is 12.5. The van der Waals surface area contributed by atoms with Gasteiger partial charge < -0.3 is 9.88 Å². The molecule has 3 rings (SSSR count).